The fourth-order valence-electron chi connectivity index (χ4n) is 1.85. The monoisotopic (exact) mass is 349 g/mol. The van der Waals surface area contributed by atoms with Gasteiger partial charge in [-0.05, 0) is 37.3 Å². The molecular formula is C17H16ClNO5. The number of carboxylic acid groups (broad SMARTS) is 1. The van der Waals surface area contributed by atoms with E-state index < -0.39 is 18.7 Å². The Kier molecular flexibility index (Phi) is 6.03. The summed E-state index contributed by atoms with van der Waals surface area (Å²) in [5.74, 6) is -0.597. The first-order chi connectivity index (χ1) is 11.4. The van der Waals surface area contributed by atoms with E-state index in [2.05, 4.69) is 5.32 Å². The van der Waals surface area contributed by atoms with Gasteiger partial charge in [0.1, 0.15) is 11.5 Å². The number of nitrogens with one attached hydrogen (secondary N) is 1. The van der Waals surface area contributed by atoms with Crippen molar-refractivity contribution >= 4 is 29.2 Å². The second-order valence-corrected chi connectivity index (χ2v) is 5.35. The SMILES string of the molecule is CC(Oc1cccc(Cl)c1)C(=O)Nc1cccc(OCC(=O)O)c1. The third kappa shape index (κ3) is 5.48. The summed E-state index contributed by atoms with van der Waals surface area (Å²) in [5, 5.41) is 11.8. The number of ether oxygens (including phenoxy) is 2. The Morgan fingerprint density at radius 3 is 2.58 bits per heavy atom. The molecule has 1 atom stereocenters. The molecule has 0 spiro atoms. The van der Waals surface area contributed by atoms with E-state index in [4.69, 9.17) is 26.2 Å². The van der Waals surface area contributed by atoms with Crippen LogP contribution in [0.2, 0.25) is 5.02 Å². The fraction of sp³-hybridized carbons (Fsp3) is 0.176. The zero-order valence-electron chi connectivity index (χ0n) is 12.9. The van der Waals surface area contributed by atoms with Crippen molar-refractivity contribution in [3.05, 3.63) is 53.6 Å². The summed E-state index contributed by atoms with van der Waals surface area (Å²) in [6.07, 6.45) is -0.743. The smallest absolute Gasteiger partial charge is 0.341 e. The standard InChI is InChI=1S/C17H16ClNO5/c1-11(24-15-7-2-4-12(18)8-15)17(22)19-13-5-3-6-14(9-13)23-10-16(20)21/h2-9,11H,10H2,1H3,(H,19,22)(H,20,21). The van der Waals surface area contributed by atoms with Crippen molar-refractivity contribution in [2.45, 2.75) is 13.0 Å². The molecule has 0 aliphatic carbocycles. The van der Waals surface area contributed by atoms with Crippen LogP contribution >= 0.6 is 11.6 Å². The predicted molar refractivity (Wildman–Crippen MR) is 89.7 cm³/mol. The van der Waals surface area contributed by atoms with E-state index in [9.17, 15) is 9.59 Å². The van der Waals surface area contributed by atoms with Crippen molar-refractivity contribution in [2.75, 3.05) is 11.9 Å². The van der Waals surface area contributed by atoms with Crippen LogP contribution in [-0.4, -0.2) is 29.7 Å². The van der Waals surface area contributed by atoms with Crippen molar-refractivity contribution in [3.8, 4) is 11.5 Å². The Morgan fingerprint density at radius 2 is 1.88 bits per heavy atom. The number of anilines is 1. The molecule has 1 unspecified atom stereocenters. The van der Waals surface area contributed by atoms with E-state index in [1.54, 1.807) is 49.4 Å². The summed E-state index contributed by atoms with van der Waals surface area (Å²) >= 11 is 5.87. The molecule has 1 amide bonds. The number of carbonyl (C=O) groups excluding carboxylic acids is 1. The fourth-order valence-corrected chi connectivity index (χ4v) is 2.03. The Bertz CT molecular complexity index is 734. The quantitative estimate of drug-likeness (QED) is 0.801. The van der Waals surface area contributed by atoms with Gasteiger partial charge >= 0.3 is 5.97 Å². The maximum absolute atomic E-state index is 12.2. The molecule has 0 radical (unpaired) electrons. The van der Waals surface area contributed by atoms with Crippen LogP contribution in [0.5, 0.6) is 11.5 Å². The molecule has 2 aromatic rings. The molecule has 6 nitrogen and oxygen atoms in total. The average molecular weight is 350 g/mol. The average Bonchev–Trinajstić information content (AvgIpc) is 2.53. The summed E-state index contributed by atoms with van der Waals surface area (Å²) < 4.78 is 10.6. The largest absolute Gasteiger partial charge is 0.482 e. The van der Waals surface area contributed by atoms with Crippen LogP contribution in [0.15, 0.2) is 48.5 Å². The van der Waals surface area contributed by atoms with Crippen molar-refractivity contribution in [1.82, 2.24) is 0 Å². The highest BCUT2D eigenvalue weighted by molar-refractivity contribution is 6.30. The summed E-state index contributed by atoms with van der Waals surface area (Å²) in [7, 11) is 0. The number of rotatable bonds is 7. The van der Waals surface area contributed by atoms with Gasteiger partial charge in [0, 0.05) is 16.8 Å². The molecule has 2 N–H and O–H groups in total. The van der Waals surface area contributed by atoms with Crippen LogP contribution in [0.3, 0.4) is 0 Å². The summed E-state index contributed by atoms with van der Waals surface area (Å²) in [4.78, 5) is 22.7. The highest BCUT2D eigenvalue weighted by Gasteiger charge is 2.15. The van der Waals surface area contributed by atoms with Crippen LogP contribution in [0.1, 0.15) is 6.92 Å². The molecule has 0 bridgehead atoms. The predicted octanol–water partition coefficient (Wildman–Crippen LogP) is 3.21. The van der Waals surface area contributed by atoms with Gasteiger partial charge in [-0.3, -0.25) is 4.79 Å². The van der Waals surface area contributed by atoms with Gasteiger partial charge in [0.2, 0.25) is 0 Å². The van der Waals surface area contributed by atoms with Gasteiger partial charge < -0.3 is 19.9 Å². The normalized spacial score (nSPS) is 11.4. The molecule has 126 valence electrons. The van der Waals surface area contributed by atoms with Crippen molar-refractivity contribution in [1.29, 1.82) is 0 Å². The topological polar surface area (TPSA) is 84.9 Å². The van der Waals surface area contributed by atoms with E-state index in [-0.39, 0.29) is 5.91 Å². The highest BCUT2D eigenvalue weighted by Crippen LogP contribution is 2.20. The molecule has 0 aromatic heterocycles. The number of carbonyl (C=O) groups is 2. The van der Waals surface area contributed by atoms with Gasteiger partial charge in [-0.1, -0.05) is 23.7 Å². The first-order valence-corrected chi connectivity index (χ1v) is 7.49. The minimum Gasteiger partial charge on any atom is -0.482 e. The third-order valence-electron chi connectivity index (χ3n) is 2.94. The lowest BCUT2D eigenvalue weighted by Crippen LogP contribution is -2.30. The van der Waals surface area contributed by atoms with Crippen LogP contribution in [0.4, 0.5) is 5.69 Å². The third-order valence-corrected chi connectivity index (χ3v) is 3.18. The Hall–Kier alpha value is -2.73. The Balaban J connectivity index is 1.95. The van der Waals surface area contributed by atoms with E-state index in [1.165, 1.54) is 6.07 Å². The van der Waals surface area contributed by atoms with Gasteiger partial charge in [0.25, 0.3) is 5.91 Å². The number of carboxylic acids is 1. The van der Waals surface area contributed by atoms with Crippen molar-refractivity contribution < 1.29 is 24.2 Å². The number of halogens is 1. The van der Waals surface area contributed by atoms with E-state index in [0.29, 0.717) is 22.2 Å². The molecular weight excluding hydrogens is 334 g/mol. The Labute approximate surface area is 144 Å². The number of amides is 1. The first kappa shape index (κ1) is 17.6. The van der Waals surface area contributed by atoms with E-state index in [0.717, 1.165) is 0 Å². The molecule has 0 heterocycles. The van der Waals surface area contributed by atoms with Crippen LogP contribution in [-0.2, 0) is 9.59 Å². The summed E-state index contributed by atoms with van der Waals surface area (Å²) in [6.45, 7) is 1.16. The van der Waals surface area contributed by atoms with Crippen LogP contribution in [0, 0.1) is 0 Å². The first-order valence-electron chi connectivity index (χ1n) is 7.12. The molecule has 0 saturated carbocycles. The molecule has 2 aromatic carbocycles. The lowest BCUT2D eigenvalue weighted by molar-refractivity contribution is -0.139. The van der Waals surface area contributed by atoms with Crippen molar-refractivity contribution in [2.24, 2.45) is 0 Å². The molecule has 0 aliphatic heterocycles. The zero-order valence-corrected chi connectivity index (χ0v) is 13.6. The molecule has 0 aliphatic rings. The summed E-state index contributed by atoms with van der Waals surface area (Å²) in [5.41, 5.74) is 0.476. The number of hydrogen-bond acceptors (Lipinski definition) is 4. The van der Waals surface area contributed by atoms with Crippen LogP contribution < -0.4 is 14.8 Å². The van der Waals surface area contributed by atoms with Gasteiger partial charge in [-0.15, -0.1) is 0 Å². The molecule has 0 saturated heterocycles. The van der Waals surface area contributed by atoms with E-state index >= 15 is 0 Å². The lowest BCUT2D eigenvalue weighted by Gasteiger charge is -2.15. The van der Waals surface area contributed by atoms with Gasteiger partial charge in [-0.25, -0.2) is 4.79 Å². The van der Waals surface area contributed by atoms with Gasteiger partial charge in [0.05, 0.1) is 0 Å². The van der Waals surface area contributed by atoms with E-state index in [1.807, 2.05) is 0 Å². The second-order valence-electron chi connectivity index (χ2n) is 4.92. The number of hydrogen-bond donors (Lipinski definition) is 2. The number of benzene rings is 2. The maximum atomic E-state index is 12.2. The minimum atomic E-state index is -1.08. The molecule has 24 heavy (non-hydrogen) atoms. The summed E-state index contributed by atoms with van der Waals surface area (Å²) in [6, 6.07) is 13.2. The Morgan fingerprint density at radius 1 is 1.17 bits per heavy atom. The van der Waals surface area contributed by atoms with Crippen LogP contribution in [0.25, 0.3) is 0 Å². The second kappa shape index (κ2) is 8.21. The van der Waals surface area contributed by atoms with Crippen molar-refractivity contribution in [3.63, 3.8) is 0 Å². The maximum Gasteiger partial charge on any atom is 0.341 e. The molecule has 7 heteroatoms. The van der Waals surface area contributed by atoms with Gasteiger partial charge in [0.15, 0.2) is 12.7 Å². The van der Waals surface area contributed by atoms with Gasteiger partial charge in [-0.2, -0.15) is 0 Å². The number of aliphatic carboxylic acids is 1. The molecule has 2 rings (SSSR count). The minimum absolute atomic E-state index is 0.346. The lowest BCUT2D eigenvalue weighted by atomic mass is 10.2. The zero-order chi connectivity index (χ0) is 17.5. The highest BCUT2D eigenvalue weighted by atomic mass is 35.5. The molecule has 0 fully saturated rings.